The van der Waals surface area contributed by atoms with Crippen molar-refractivity contribution < 1.29 is 22.7 Å². The number of benzene rings is 2. The SMILES string of the molecule is O=C(CCn1c(=O)[nH]c(=O)c2ccccc21)Nc1ccc(OC(F)(F)F)cc1. The molecule has 1 heterocycles. The summed E-state index contributed by atoms with van der Waals surface area (Å²) in [5.74, 6) is -0.858. The molecule has 7 nitrogen and oxygen atoms in total. The Hall–Kier alpha value is -3.56. The molecule has 0 fully saturated rings. The summed E-state index contributed by atoms with van der Waals surface area (Å²) in [6, 6.07) is 11.2. The molecule has 0 aliphatic heterocycles. The Morgan fingerprint density at radius 1 is 1.07 bits per heavy atom. The van der Waals surface area contributed by atoms with E-state index in [1.165, 1.54) is 16.7 Å². The zero-order valence-electron chi connectivity index (χ0n) is 14.2. The van der Waals surface area contributed by atoms with E-state index >= 15 is 0 Å². The smallest absolute Gasteiger partial charge is 0.406 e. The van der Waals surface area contributed by atoms with Crippen LogP contribution in [-0.2, 0) is 11.3 Å². The summed E-state index contributed by atoms with van der Waals surface area (Å²) < 4.78 is 41.4. The van der Waals surface area contributed by atoms with Gasteiger partial charge in [-0.15, -0.1) is 13.2 Å². The first kappa shape index (κ1) is 19.2. The van der Waals surface area contributed by atoms with Gasteiger partial charge in [-0.2, -0.15) is 0 Å². The lowest BCUT2D eigenvalue weighted by atomic mass is 10.2. The lowest BCUT2D eigenvalue weighted by Gasteiger charge is -2.11. The third-order valence-electron chi connectivity index (χ3n) is 3.84. The number of nitrogens with one attached hydrogen (secondary N) is 2. The number of anilines is 1. The number of aromatic nitrogens is 2. The predicted molar refractivity (Wildman–Crippen MR) is 95.2 cm³/mol. The van der Waals surface area contributed by atoms with Gasteiger partial charge in [-0.05, 0) is 36.4 Å². The lowest BCUT2D eigenvalue weighted by molar-refractivity contribution is -0.274. The van der Waals surface area contributed by atoms with Crippen LogP contribution < -0.4 is 21.3 Å². The third-order valence-corrected chi connectivity index (χ3v) is 3.84. The van der Waals surface area contributed by atoms with E-state index in [1.54, 1.807) is 24.3 Å². The van der Waals surface area contributed by atoms with Crippen molar-refractivity contribution in [1.29, 1.82) is 0 Å². The minimum atomic E-state index is -4.79. The molecule has 2 aromatic carbocycles. The first-order chi connectivity index (χ1) is 13.2. The Bertz CT molecular complexity index is 1120. The molecule has 0 saturated carbocycles. The fourth-order valence-electron chi connectivity index (χ4n) is 2.64. The number of aromatic amines is 1. The fraction of sp³-hybridized carbons (Fsp3) is 0.167. The molecule has 0 saturated heterocycles. The summed E-state index contributed by atoms with van der Waals surface area (Å²) in [5.41, 5.74) is -0.469. The summed E-state index contributed by atoms with van der Waals surface area (Å²) >= 11 is 0. The molecule has 0 unspecified atom stereocenters. The molecule has 146 valence electrons. The van der Waals surface area contributed by atoms with Crippen molar-refractivity contribution in [3.05, 3.63) is 69.4 Å². The Balaban J connectivity index is 1.68. The highest BCUT2D eigenvalue weighted by atomic mass is 19.4. The van der Waals surface area contributed by atoms with Gasteiger partial charge in [-0.3, -0.25) is 19.1 Å². The molecule has 1 aromatic heterocycles. The van der Waals surface area contributed by atoms with Crippen molar-refractivity contribution in [2.75, 3.05) is 5.32 Å². The van der Waals surface area contributed by atoms with Crippen LogP contribution in [0.25, 0.3) is 10.9 Å². The van der Waals surface area contributed by atoms with E-state index in [9.17, 15) is 27.6 Å². The van der Waals surface area contributed by atoms with E-state index in [2.05, 4.69) is 15.0 Å². The third kappa shape index (κ3) is 4.58. The van der Waals surface area contributed by atoms with Crippen molar-refractivity contribution in [2.45, 2.75) is 19.3 Å². The minimum absolute atomic E-state index is 0.0111. The molecule has 0 aliphatic rings. The zero-order valence-corrected chi connectivity index (χ0v) is 14.2. The van der Waals surface area contributed by atoms with Crippen molar-refractivity contribution in [1.82, 2.24) is 9.55 Å². The van der Waals surface area contributed by atoms with Crippen molar-refractivity contribution >= 4 is 22.5 Å². The maximum Gasteiger partial charge on any atom is 0.573 e. The van der Waals surface area contributed by atoms with Gasteiger partial charge in [0.2, 0.25) is 5.91 Å². The normalized spacial score (nSPS) is 11.4. The van der Waals surface area contributed by atoms with Crippen molar-refractivity contribution in [3.63, 3.8) is 0 Å². The predicted octanol–water partition coefficient (Wildman–Crippen LogP) is 2.62. The Morgan fingerprint density at radius 3 is 2.43 bits per heavy atom. The quantitative estimate of drug-likeness (QED) is 0.697. The largest absolute Gasteiger partial charge is 0.573 e. The number of rotatable bonds is 5. The molecule has 1 amide bonds. The number of nitrogens with zero attached hydrogens (tertiary/aromatic N) is 1. The van der Waals surface area contributed by atoms with Crippen LogP contribution in [0.3, 0.4) is 0 Å². The van der Waals surface area contributed by atoms with E-state index in [0.29, 0.717) is 10.9 Å². The molecule has 0 atom stereocenters. The van der Waals surface area contributed by atoms with Gasteiger partial charge in [0, 0.05) is 18.7 Å². The maximum atomic E-state index is 12.1. The number of fused-ring (bicyclic) bond motifs is 1. The average Bonchev–Trinajstić information content (AvgIpc) is 2.62. The monoisotopic (exact) mass is 393 g/mol. The van der Waals surface area contributed by atoms with Crippen molar-refractivity contribution in [3.8, 4) is 5.75 Å². The highest BCUT2D eigenvalue weighted by Crippen LogP contribution is 2.24. The number of carbonyl (C=O) groups is 1. The first-order valence-corrected chi connectivity index (χ1v) is 8.10. The Morgan fingerprint density at radius 2 is 1.75 bits per heavy atom. The molecule has 2 N–H and O–H groups in total. The summed E-state index contributed by atoms with van der Waals surface area (Å²) in [6.45, 7) is 0.0111. The van der Waals surface area contributed by atoms with Gasteiger partial charge in [0.15, 0.2) is 0 Å². The molecular formula is C18H14F3N3O4. The van der Waals surface area contributed by atoms with Gasteiger partial charge in [0.05, 0.1) is 10.9 Å². The van der Waals surface area contributed by atoms with Gasteiger partial charge in [0.1, 0.15) is 5.75 Å². The average molecular weight is 393 g/mol. The van der Waals surface area contributed by atoms with Crippen LogP contribution in [0.4, 0.5) is 18.9 Å². The summed E-state index contributed by atoms with van der Waals surface area (Å²) in [7, 11) is 0. The Labute approximate surface area is 155 Å². The number of ether oxygens (including phenoxy) is 1. The second-order valence-corrected chi connectivity index (χ2v) is 5.80. The minimum Gasteiger partial charge on any atom is -0.406 e. The fourth-order valence-corrected chi connectivity index (χ4v) is 2.64. The topological polar surface area (TPSA) is 93.2 Å². The maximum absolute atomic E-state index is 12.1. The van der Waals surface area contributed by atoms with Gasteiger partial charge in [-0.25, -0.2) is 4.79 Å². The van der Waals surface area contributed by atoms with E-state index in [-0.39, 0.29) is 18.7 Å². The van der Waals surface area contributed by atoms with E-state index < -0.39 is 29.3 Å². The molecule has 0 radical (unpaired) electrons. The van der Waals surface area contributed by atoms with Crippen LogP contribution in [0.5, 0.6) is 5.75 Å². The summed E-state index contributed by atoms with van der Waals surface area (Å²) in [4.78, 5) is 38.2. The Kier molecular flexibility index (Phi) is 5.21. The highest BCUT2D eigenvalue weighted by Gasteiger charge is 2.30. The molecule has 0 spiro atoms. The molecule has 0 bridgehead atoms. The lowest BCUT2D eigenvalue weighted by Crippen LogP contribution is -2.31. The zero-order chi connectivity index (χ0) is 20.3. The van der Waals surface area contributed by atoms with Gasteiger partial charge in [0.25, 0.3) is 5.56 Å². The standard InChI is InChI=1S/C18H14F3N3O4/c19-18(20,21)28-12-7-5-11(6-8-12)22-15(25)9-10-24-14-4-2-1-3-13(14)16(26)23-17(24)27/h1-8H,9-10H2,(H,22,25)(H,23,26,27). The van der Waals surface area contributed by atoms with Gasteiger partial charge < -0.3 is 10.1 Å². The number of amides is 1. The number of halogens is 3. The molecule has 0 aliphatic carbocycles. The van der Waals surface area contributed by atoms with Crippen LogP contribution in [0.15, 0.2) is 58.1 Å². The van der Waals surface area contributed by atoms with Crippen LogP contribution in [0.1, 0.15) is 6.42 Å². The summed E-state index contributed by atoms with van der Waals surface area (Å²) in [5, 5.41) is 2.84. The highest BCUT2D eigenvalue weighted by molar-refractivity contribution is 5.90. The number of aryl methyl sites for hydroxylation is 1. The number of alkyl halides is 3. The number of para-hydroxylation sites is 1. The molecular weight excluding hydrogens is 379 g/mol. The molecule has 3 aromatic rings. The van der Waals surface area contributed by atoms with Gasteiger partial charge >= 0.3 is 12.1 Å². The van der Waals surface area contributed by atoms with Crippen molar-refractivity contribution in [2.24, 2.45) is 0 Å². The van der Waals surface area contributed by atoms with E-state index in [1.807, 2.05) is 0 Å². The number of hydrogen-bond donors (Lipinski definition) is 2. The van der Waals surface area contributed by atoms with Crippen LogP contribution in [-0.4, -0.2) is 21.8 Å². The molecule has 3 rings (SSSR count). The number of carbonyl (C=O) groups excluding carboxylic acids is 1. The number of hydrogen-bond acceptors (Lipinski definition) is 4. The molecule has 28 heavy (non-hydrogen) atoms. The van der Waals surface area contributed by atoms with Crippen LogP contribution in [0.2, 0.25) is 0 Å². The number of H-pyrrole nitrogens is 1. The van der Waals surface area contributed by atoms with E-state index in [0.717, 1.165) is 12.1 Å². The van der Waals surface area contributed by atoms with Gasteiger partial charge in [-0.1, -0.05) is 12.1 Å². The van der Waals surface area contributed by atoms with Crippen LogP contribution in [0, 0.1) is 0 Å². The summed E-state index contributed by atoms with van der Waals surface area (Å²) in [6.07, 6.45) is -4.88. The second kappa shape index (κ2) is 7.59. The second-order valence-electron chi connectivity index (χ2n) is 5.80. The molecule has 10 heteroatoms. The van der Waals surface area contributed by atoms with E-state index in [4.69, 9.17) is 0 Å². The first-order valence-electron chi connectivity index (χ1n) is 8.10. The van der Waals surface area contributed by atoms with Crippen LogP contribution >= 0.6 is 0 Å².